The molecule has 1 fully saturated rings. The minimum Gasteiger partial charge on any atom is -0.482 e. The Hall–Kier alpha value is -3.35. The molecule has 2 aliphatic heterocycles. The first-order valence-electron chi connectivity index (χ1n) is 10.2. The molecule has 7 nitrogen and oxygen atoms in total. The van der Waals surface area contributed by atoms with Gasteiger partial charge < -0.3 is 15.0 Å². The molecule has 0 atom stereocenters. The van der Waals surface area contributed by atoms with Crippen molar-refractivity contribution in [2.24, 2.45) is 0 Å². The van der Waals surface area contributed by atoms with Gasteiger partial charge in [0, 0.05) is 24.3 Å². The van der Waals surface area contributed by atoms with Crippen LogP contribution in [0.3, 0.4) is 0 Å². The van der Waals surface area contributed by atoms with Crippen LogP contribution in [0.25, 0.3) is 0 Å². The fourth-order valence-corrected chi connectivity index (χ4v) is 3.82. The van der Waals surface area contributed by atoms with Gasteiger partial charge in [-0.3, -0.25) is 19.3 Å². The van der Waals surface area contributed by atoms with Gasteiger partial charge >= 0.3 is 0 Å². The van der Waals surface area contributed by atoms with Crippen LogP contribution in [0.4, 0.5) is 11.4 Å². The summed E-state index contributed by atoms with van der Waals surface area (Å²) < 4.78 is 5.51. The maximum absolute atomic E-state index is 12.8. The first-order valence-corrected chi connectivity index (χ1v) is 10.2. The number of anilines is 2. The van der Waals surface area contributed by atoms with E-state index in [2.05, 4.69) is 5.32 Å². The molecule has 0 radical (unpaired) electrons. The Bertz CT molecular complexity index is 1010. The minimum absolute atomic E-state index is 0.0619. The number of amides is 3. The molecule has 0 spiro atoms. The molecule has 2 aliphatic rings. The van der Waals surface area contributed by atoms with Gasteiger partial charge in [-0.05, 0) is 62.1 Å². The van der Waals surface area contributed by atoms with E-state index in [0.29, 0.717) is 17.0 Å². The number of aryl methyl sites for hydroxylation is 2. The van der Waals surface area contributed by atoms with E-state index in [1.54, 1.807) is 18.2 Å². The first kappa shape index (κ1) is 19.9. The van der Waals surface area contributed by atoms with Crippen LogP contribution in [0.5, 0.6) is 5.75 Å². The summed E-state index contributed by atoms with van der Waals surface area (Å²) in [6.45, 7) is 5.07. The molecular formula is C23H25N3O4. The Morgan fingerprint density at radius 3 is 2.60 bits per heavy atom. The molecule has 2 heterocycles. The van der Waals surface area contributed by atoms with Crippen molar-refractivity contribution in [2.45, 2.75) is 26.7 Å². The highest BCUT2D eigenvalue weighted by atomic mass is 16.5. The third-order valence-electron chi connectivity index (χ3n) is 5.51. The number of hydrogen-bond acceptors (Lipinski definition) is 4. The standard InChI is InChI=1S/C23H25N3O4/c1-15-5-6-16(2)18(11-15)24-21(27)13-26-19-12-17(23(29)25-9-3-4-10-25)7-8-20(19)30-14-22(26)28/h5-8,11-12H,3-4,9-10,13-14H2,1-2H3,(H,24,27). The number of ether oxygens (including phenoxy) is 1. The second-order valence-electron chi connectivity index (χ2n) is 7.82. The fourth-order valence-electron chi connectivity index (χ4n) is 3.82. The maximum Gasteiger partial charge on any atom is 0.265 e. The third kappa shape index (κ3) is 4.01. The number of rotatable bonds is 4. The number of benzene rings is 2. The van der Waals surface area contributed by atoms with Gasteiger partial charge in [-0.15, -0.1) is 0 Å². The average molecular weight is 407 g/mol. The third-order valence-corrected chi connectivity index (χ3v) is 5.51. The Morgan fingerprint density at radius 1 is 1.07 bits per heavy atom. The van der Waals surface area contributed by atoms with Crippen molar-refractivity contribution in [1.29, 1.82) is 0 Å². The number of hydrogen-bond donors (Lipinski definition) is 1. The molecule has 30 heavy (non-hydrogen) atoms. The Morgan fingerprint density at radius 2 is 1.83 bits per heavy atom. The summed E-state index contributed by atoms with van der Waals surface area (Å²) in [5.74, 6) is -0.189. The molecule has 156 valence electrons. The van der Waals surface area contributed by atoms with Gasteiger partial charge in [-0.25, -0.2) is 0 Å². The summed E-state index contributed by atoms with van der Waals surface area (Å²) in [6.07, 6.45) is 2.01. The highest BCUT2D eigenvalue weighted by Crippen LogP contribution is 2.33. The molecule has 0 saturated carbocycles. The molecule has 0 aliphatic carbocycles. The van der Waals surface area contributed by atoms with Crippen molar-refractivity contribution in [3.63, 3.8) is 0 Å². The zero-order chi connectivity index (χ0) is 21.3. The molecule has 4 rings (SSSR count). The van der Waals surface area contributed by atoms with Crippen molar-refractivity contribution >= 4 is 29.1 Å². The fraction of sp³-hybridized carbons (Fsp3) is 0.348. The average Bonchev–Trinajstić information content (AvgIpc) is 3.27. The molecule has 3 amide bonds. The van der Waals surface area contributed by atoms with Gasteiger partial charge in [0.05, 0.1) is 5.69 Å². The monoisotopic (exact) mass is 407 g/mol. The van der Waals surface area contributed by atoms with E-state index < -0.39 is 0 Å². The number of likely N-dealkylation sites (tertiary alicyclic amines) is 1. The highest BCUT2D eigenvalue weighted by molar-refractivity contribution is 6.06. The second-order valence-corrected chi connectivity index (χ2v) is 7.82. The van der Waals surface area contributed by atoms with Gasteiger partial charge in [0.25, 0.3) is 11.8 Å². The van der Waals surface area contributed by atoms with Gasteiger partial charge in [0.15, 0.2) is 6.61 Å². The number of fused-ring (bicyclic) bond motifs is 1. The summed E-state index contributed by atoms with van der Waals surface area (Å²) in [4.78, 5) is 41.2. The van der Waals surface area contributed by atoms with Crippen molar-refractivity contribution < 1.29 is 19.1 Å². The second kappa shape index (κ2) is 8.18. The van der Waals surface area contributed by atoms with Crippen LogP contribution >= 0.6 is 0 Å². The van der Waals surface area contributed by atoms with E-state index in [1.165, 1.54) is 4.90 Å². The Balaban J connectivity index is 1.56. The molecule has 0 bridgehead atoms. The summed E-state index contributed by atoms with van der Waals surface area (Å²) >= 11 is 0. The van der Waals surface area contributed by atoms with Crippen LogP contribution in [0.1, 0.15) is 34.3 Å². The molecule has 2 aromatic carbocycles. The summed E-state index contributed by atoms with van der Waals surface area (Å²) in [5, 5.41) is 2.88. The quantitative estimate of drug-likeness (QED) is 0.845. The molecule has 7 heteroatoms. The summed E-state index contributed by atoms with van der Waals surface area (Å²) in [6, 6.07) is 10.9. The van der Waals surface area contributed by atoms with E-state index >= 15 is 0 Å². The first-order chi connectivity index (χ1) is 14.4. The number of carbonyl (C=O) groups excluding carboxylic acids is 3. The zero-order valence-electron chi connectivity index (χ0n) is 17.2. The maximum atomic E-state index is 12.8. The Kier molecular flexibility index (Phi) is 5.44. The normalized spacial score (nSPS) is 15.6. The van der Waals surface area contributed by atoms with Gasteiger partial charge in [-0.2, -0.15) is 0 Å². The number of nitrogens with one attached hydrogen (secondary N) is 1. The van der Waals surface area contributed by atoms with Crippen molar-refractivity contribution in [2.75, 3.05) is 36.5 Å². The molecule has 2 aromatic rings. The van der Waals surface area contributed by atoms with Crippen LogP contribution in [-0.4, -0.2) is 48.9 Å². The number of carbonyl (C=O) groups is 3. The molecular weight excluding hydrogens is 382 g/mol. The molecule has 1 N–H and O–H groups in total. The number of nitrogens with zero attached hydrogens (tertiary/aromatic N) is 2. The molecule has 0 unspecified atom stereocenters. The summed E-state index contributed by atoms with van der Waals surface area (Å²) in [7, 11) is 0. The predicted molar refractivity (Wildman–Crippen MR) is 114 cm³/mol. The van der Waals surface area contributed by atoms with Gasteiger partial charge in [0.2, 0.25) is 5.91 Å². The van der Waals surface area contributed by atoms with Crippen LogP contribution < -0.4 is 15.0 Å². The molecule has 1 saturated heterocycles. The van der Waals surface area contributed by atoms with Crippen LogP contribution in [-0.2, 0) is 9.59 Å². The highest BCUT2D eigenvalue weighted by Gasteiger charge is 2.29. The van der Waals surface area contributed by atoms with E-state index in [9.17, 15) is 14.4 Å². The van der Waals surface area contributed by atoms with E-state index in [1.807, 2.05) is 36.9 Å². The summed E-state index contributed by atoms with van der Waals surface area (Å²) in [5.41, 5.74) is 3.65. The smallest absolute Gasteiger partial charge is 0.265 e. The lowest BCUT2D eigenvalue weighted by Gasteiger charge is -2.29. The lowest BCUT2D eigenvalue weighted by Crippen LogP contribution is -2.43. The van der Waals surface area contributed by atoms with Gasteiger partial charge in [-0.1, -0.05) is 12.1 Å². The minimum atomic E-state index is -0.315. The van der Waals surface area contributed by atoms with E-state index in [4.69, 9.17) is 4.74 Å². The van der Waals surface area contributed by atoms with Crippen LogP contribution in [0.15, 0.2) is 36.4 Å². The van der Waals surface area contributed by atoms with Crippen molar-refractivity contribution in [1.82, 2.24) is 4.90 Å². The topological polar surface area (TPSA) is 79.0 Å². The van der Waals surface area contributed by atoms with Crippen LogP contribution in [0.2, 0.25) is 0 Å². The lowest BCUT2D eigenvalue weighted by atomic mass is 10.1. The van der Waals surface area contributed by atoms with Crippen molar-refractivity contribution in [3.05, 3.63) is 53.1 Å². The van der Waals surface area contributed by atoms with E-state index in [-0.39, 0.29) is 30.9 Å². The van der Waals surface area contributed by atoms with E-state index in [0.717, 1.165) is 42.7 Å². The Labute approximate surface area is 175 Å². The zero-order valence-corrected chi connectivity index (χ0v) is 17.2. The largest absolute Gasteiger partial charge is 0.482 e. The SMILES string of the molecule is Cc1ccc(C)c(NC(=O)CN2C(=O)COc3ccc(C(=O)N4CCCC4)cc32)c1. The van der Waals surface area contributed by atoms with Crippen molar-refractivity contribution in [3.8, 4) is 5.75 Å². The van der Waals surface area contributed by atoms with Crippen LogP contribution in [0, 0.1) is 13.8 Å². The lowest BCUT2D eigenvalue weighted by molar-refractivity contribution is -0.123. The predicted octanol–water partition coefficient (Wildman–Crippen LogP) is 2.90. The molecule has 0 aromatic heterocycles. The van der Waals surface area contributed by atoms with Gasteiger partial charge in [0.1, 0.15) is 12.3 Å².